The molecular weight excluding hydrogens is 148 g/mol. The highest BCUT2D eigenvalue weighted by Crippen LogP contribution is 2.21. The van der Waals surface area contributed by atoms with Crippen LogP contribution in [0.3, 0.4) is 0 Å². The Balaban J connectivity index is 0.000000561. The first kappa shape index (κ1) is 11.4. The summed E-state index contributed by atoms with van der Waals surface area (Å²) in [6, 6.07) is 2.22. The van der Waals surface area contributed by atoms with Crippen LogP contribution >= 0.6 is 0 Å². The summed E-state index contributed by atoms with van der Waals surface area (Å²) in [6.45, 7) is 7.22. The number of nitrogens with zero attached hydrogens (tertiary/aromatic N) is 1. The lowest BCUT2D eigenvalue weighted by atomic mass is 9.88. The smallest absolute Gasteiger partial charge is 0.0641 e. The average Bonchev–Trinajstić information content (AvgIpc) is 2.09. The molecule has 70 valence electrons. The van der Waals surface area contributed by atoms with E-state index in [9.17, 15) is 0 Å². The van der Waals surface area contributed by atoms with E-state index in [1.54, 1.807) is 0 Å². The summed E-state index contributed by atoms with van der Waals surface area (Å²) in [7, 11) is 0. The topological polar surface area (TPSA) is 35.8 Å². The van der Waals surface area contributed by atoms with Gasteiger partial charge in [-0.3, -0.25) is 0 Å². The van der Waals surface area contributed by atoms with Crippen LogP contribution in [0.4, 0.5) is 0 Å². The minimum absolute atomic E-state index is 0.118. The molecular formula is C10H20N2. The third-order valence-corrected chi connectivity index (χ3v) is 2.18. The maximum atomic E-state index is 8.49. The normalized spacial score (nSPS) is 28.2. The Morgan fingerprint density at radius 1 is 1.42 bits per heavy atom. The highest BCUT2D eigenvalue weighted by Gasteiger charge is 2.25. The molecule has 0 bridgehead atoms. The van der Waals surface area contributed by atoms with E-state index in [2.05, 4.69) is 18.3 Å². The summed E-state index contributed by atoms with van der Waals surface area (Å²) in [5.41, 5.74) is 0.118. The van der Waals surface area contributed by atoms with Crippen LogP contribution in [0.2, 0.25) is 0 Å². The molecule has 1 aliphatic rings. The predicted molar refractivity (Wildman–Crippen MR) is 51.8 cm³/mol. The van der Waals surface area contributed by atoms with Crippen LogP contribution < -0.4 is 5.32 Å². The second-order valence-electron chi connectivity index (χ2n) is 3.28. The van der Waals surface area contributed by atoms with Crippen LogP contribution in [0.1, 0.15) is 46.5 Å². The molecule has 1 unspecified atom stereocenters. The van der Waals surface area contributed by atoms with Crippen molar-refractivity contribution in [1.82, 2.24) is 5.32 Å². The summed E-state index contributed by atoms with van der Waals surface area (Å²) < 4.78 is 0. The molecule has 2 heteroatoms. The highest BCUT2D eigenvalue weighted by molar-refractivity contribution is 4.93. The van der Waals surface area contributed by atoms with Crippen molar-refractivity contribution in [2.45, 2.75) is 52.0 Å². The monoisotopic (exact) mass is 168 g/mol. The standard InChI is InChI=1S/C8H14N2.C2H6/c1-8(5-6-9)4-2-3-7-10-8;1-2/h10H,2-5,7H2,1H3;1-2H3. The van der Waals surface area contributed by atoms with Gasteiger partial charge in [-0.05, 0) is 26.3 Å². The molecule has 0 aromatic heterocycles. The van der Waals surface area contributed by atoms with Gasteiger partial charge in [-0.1, -0.05) is 20.3 Å². The molecule has 1 fully saturated rings. The fraction of sp³-hybridized carbons (Fsp3) is 0.900. The molecule has 0 aromatic carbocycles. The van der Waals surface area contributed by atoms with Gasteiger partial charge in [-0.15, -0.1) is 0 Å². The quantitative estimate of drug-likeness (QED) is 0.653. The minimum Gasteiger partial charge on any atom is -0.310 e. The Labute approximate surface area is 76.0 Å². The van der Waals surface area contributed by atoms with Gasteiger partial charge < -0.3 is 5.32 Å². The second-order valence-corrected chi connectivity index (χ2v) is 3.28. The molecule has 0 amide bonds. The van der Waals surface area contributed by atoms with Gasteiger partial charge >= 0.3 is 0 Å². The number of nitrogens with one attached hydrogen (secondary N) is 1. The van der Waals surface area contributed by atoms with Crippen LogP contribution in [-0.4, -0.2) is 12.1 Å². The van der Waals surface area contributed by atoms with Crippen molar-refractivity contribution in [3.05, 3.63) is 0 Å². The number of hydrogen-bond donors (Lipinski definition) is 1. The van der Waals surface area contributed by atoms with Gasteiger partial charge in [0, 0.05) is 5.54 Å². The van der Waals surface area contributed by atoms with E-state index in [1.807, 2.05) is 13.8 Å². The van der Waals surface area contributed by atoms with E-state index < -0.39 is 0 Å². The van der Waals surface area contributed by atoms with Gasteiger partial charge in [-0.25, -0.2) is 0 Å². The fourth-order valence-electron chi connectivity index (χ4n) is 1.44. The van der Waals surface area contributed by atoms with Crippen molar-refractivity contribution < 1.29 is 0 Å². The number of nitriles is 1. The van der Waals surface area contributed by atoms with Crippen molar-refractivity contribution in [3.63, 3.8) is 0 Å². The van der Waals surface area contributed by atoms with Crippen LogP contribution in [0.5, 0.6) is 0 Å². The molecule has 1 N–H and O–H groups in total. The molecule has 12 heavy (non-hydrogen) atoms. The molecule has 1 atom stereocenters. The Bertz CT molecular complexity index is 140. The highest BCUT2D eigenvalue weighted by atomic mass is 15.0. The summed E-state index contributed by atoms with van der Waals surface area (Å²) in [6.07, 6.45) is 4.33. The van der Waals surface area contributed by atoms with E-state index in [4.69, 9.17) is 5.26 Å². The summed E-state index contributed by atoms with van der Waals surface area (Å²) in [4.78, 5) is 0. The lowest BCUT2D eigenvalue weighted by Gasteiger charge is -2.32. The molecule has 0 aromatic rings. The summed E-state index contributed by atoms with van der Waals surface area (Å²) in [5, 5.41) is 11.9. The van der Waals surface area contributed by atoms with Crippen LogP contribution in [0.25, 0.3) is 0 Å². The zero-order chi connectivity index (χ0) is 9.45. The lowest BCUT2D eigenvalue weighted by molar-refractivity contribution is 0.283. The minimum atomic E-state index is 0.118. The SMILES string of the molecule is CC.CC1(CC#N)CCCCN1. The Morgan fingerprint density at radius 3 is 2.50 bits per heavy atom. The van der Waals surface area contributed by atoms with Crippen LogP contribution in [0.15, 0.2) is 0 Å². The van der Waals surface area contributed by atoms with Crippen molar-refractivity contribution in [2.24, 2.45) is 0 Å². The van der Waals surface area contributed by atoms with E-state index in [1.165, 1.54) is 12.8 Å². The zero-order valence-electron chi connectivity index (χ0n) is 8.48. The number of rotatable bonds is 1. The molecule has 1 aliphatic heterocycles. The number of piperidine rings is 1. The molecule has 0 saturated carbocycles. The van der Waals surface area contributed by atoms with E-state index in [-0.39, 0.29) is 5.54 Å². The first-order chi connectivity index (χ1) is 5.77. The molecule has 1 heterocycles. The largest absolute Gasteiger partial charge is 0.310 e. The third kappa shape index (κ3) is 3.73. The van der Waals surface area contributed by atoms with Crippen LogP contribution in [0, 0.1) is 11.3 Å². The van der Waals surface area contributed by atoms with Crippen LogP contribution in [-0.2, 0) is 0 Å². The molecule has 0 aliphatic carbocycles. The maximum Gasteiger partial charge on any atom is 0.0641 e. The van der Waals surface area contributed by atoms with Gasteiger partial charge in [0.25, 0.3) is 0 Å². The molecule has 2 nitrogen and oxygen atoms in total. The van der Waals surface area contributed by atoms with E-state index in [0.717, 1.165) is 13.0 Å². The Morgan fingerprint density at radius 2 is 2.08 bits per heavy atom. The first-order valence-electron chi connectivity index (χ1n) is 4.89. The van der Waals surface area contributed by atoms with Gasteiger partial charge in [-0.2, -0.15) is 5.26 Å². The summed E-state index contributed by atoms with van der Waals surface area (Å²) in [5.74, 6) is 0. The zero-order valence-corrected chi connectivity index (χ0v) is 8.48. The van der Waals surface area contributed by atoms with E-state index >= 15 is 0 Å². The molecule has 1 rings (SSSR count). The molecule has 0 spiro atoms. The maximum absolute atomic E-state index is 8.49. The van der Waals surface area contributed by atoms with Crippen molar-refractivity contribution in [2.75, 3.05) is 6.54 Å². The summed E-state index contributed by atoms with van der Waals surface area (Å²) >= 11 is 0. The van der Waals surface area contributed by atoms with Gasteiger partial charge in [0.05, 0.1) is 12.5 Å². The molecule has 1 saturated heterocycles. The third-order valence-electron chi connectivity index (χ3n) is 2.18. The van der Waals surface area contributed by atoms with Gasteiger partial charge in [0.15, 0.2) is 0 Å². The predicted octanol–water partition coefficient (Wildman–Crippen LogP) is 2.46. The van der Waals surface area contributed by atoms with Crippen molar-refractivity contribution in [3.8, 4) is 6.07 Å². The molecule has 0 radical (unpaired) electrons. The second kappa shape index (κ2) is 6.02. The fourth-order valence-corrected chi connectivity index (χ4v) is 1.44. The lowest BCUT2D eigenvalue weighted by Crippen LogP contribution is -2.45. The Kier molecular flexibility index (Phi) is 5.74. The van der Waals surface area contributed by atoms with E-state index in [0.29, 0.717) is 6.42 Å². The van der Waals surface area contributed by atoms with Gasteiger partial charge in [0.1, 0.15) is 0 Å². The number of hydrogen-bond acceptors (Lipinski definition) is 2. The van der Waals surface area contributed by atoms with Crippen molar-refractivity contribution in [1.29, 1.82) is 5.26 Å². The first-order valence-corrected chi connectivity index (χ1v) is 4.89. The van der Waals surface area contributed by atoms with Crippen molar-refractivity contribution >= 4 is 0 Å². The van der Waals surface area contributed by atoms with Gasteiger partial charge in [0.2, 0.25) is 0 Å². The Hall–Kier alpha value is -0.550. The average molecular weight is 168 g/mol.